The zero-order valence-electron chi connectivity index (χ0n) is 20.7. The summed E-state index contributed by atoms with van der Waals surface area (Å²) >= 11 is 1.76. The minimum Gasteiger partial charge on any atom is -0.299 e. The summed E-state index contributed by atoms with van der Waals surface area (Å²) in [5.74, 6) is -1.57. The van der Waals surface area contributed by atoms with Crippen LogP contribution in [0.15, 0.2) is 24.5 Å². The molecular formula is C27H30F2N6S. The topological polar surface area (TPSA) is 50.1 Å². The molecule has 2 aromatic rings. The summed E-state index contributed by atoms with van der Waals surface area (Å²) in [5, 5.41) is 8.11. The molecule has 188 valence electrons. The zero-order chi connectivity index (χ0) is 24.8. The Hall–Kier alpha value is -2.91. The highest BCUT2D eigenvalue weighted by molar-refractivity contribution is 7.15. The fraction of sp³-hybridized carbons (Fsp3) is 0.444. The van der Waals surface area contributed by atoms with E-state index in [-0.39, 0.29) is 0 Å². The van der Waals surface area contributed by atoms with Crippen molar-refractivity contribution in [3.05, 3.63) is 63.4 Å². The van der Waals surface area contributed by atoms with Gasteiger partial charge in [0.05, 0.1) is 5.69 Å². The molecule has 0 bridgehead atoms. The number of fused-ring (bicyclic) bond motifs is 3. The summed E-state index contributed by atoms with van der Waals surface area (Å²) in [6.45, 7) is 8.51. The van der Waals surface area contributed by atoms with E-state index in [2.05, 4.69) is 28.5 Å². The summed E-state index contributed by atoms with van der Waals surface area (Å²) in [7, 11) is 0. The van der Waals surface area contributed by atoms with Crippen LogP contribution in [0.1, 0.15) is 40.1 Å². The lowest BCUT2D eigenvalue weighted by atomic mass is 9.93. The molecule has 0 radical (unpaired) electrons. The van der Waals surface area contributed by atoms with Crippen molar-refractivity contribution >= 4 is 11.3 Å². The van der Waals surface area contributed by atoms with Gasteiger partial charge in [0.1, 0.15) is 22.7 Å². The molecule has 0 N–H and O–H groups in total. The van der Waals surface area contributed by atoms with Crippen LogP contribution in [0.25, 0.3) is 22.0 Å². The summed E-state index contributed by atoms with van der Waals surface area (Å²) in [5.41, 5.74) is 8.08. The van der Waals surface area contributed by atoms with Crippen LogP contribution in [0.5, 0.6) is 0 Å². The summed E-state index contributed by atoms with van der Waals surface area (Å²) in [6, 6.07) is 4.19. The van der Waals surface area contributed by atoms with Crippen molar-refractivity contribution in [2.45, 2.75) is 46.0 Å². The van der Waals surface area contributed by atoms with E-state index >= 15 is 0 Å². The molecule has 0 atom stereocenters. The van der Waals surface area contributed by atoms with Crippen LogP contribution in [-0.4, -0.2) is 57.5 Å². The van der Waals surface area contributed by atoms with E-state index in [0.717, 1.165) is 73.2 Å². The smallest absolute Gasteiger partial charge is 0.159 e. The molecule has 0 unspecified atom stereocenters. The van der Waals surface area contributed by atoms with Crippen molar-refractivity contribution in [2.24, 2.45) is 0 Å². The minimum atomic E-state index is -0.793. The van der Waals surface area contributed by atoms with Gasteiger partial charge in [-0.15, -0.1) is 16.4 Å². The van der Waals surface area contributed by atoms with Crippen LogP contribution in [0.3, 0.4) is 0 Å². The standard InChI is InChI=1S/C27H30F2N6S/c1-17-18(2)36-27(32-17)24-20-5-3-4-6-21(20)26-25(24)30-16-31-35(26)34-13-11-33(12-14-34)10-9-19-7-8-22(28)23(29)15-19/h7-8,15-16H,3-6,9-14H2,1-2H3. The van der Waals surface area contributed by atoms with Gasteiger partial charge < -0.3 is 0 Å². The second kappa shape index (κ2) is 9.52. The minimum absolute atomic E-state index is 0.703. The monoisotopic (exact) mass is 508 g/mol. The molecule has 1 aromatic carbocycles. The molecule has 2 aliphatic carbocycles. The maximum atomic E-state index is 13.5. The van der Waals surface area contributed by atoms with Crippen LogP contribution in [0, 0.1) is 25.5 Å². The normalized spacial score (nSPS) is 16.6. The maximum Gasteiger partial charge on any atom is 0.159 e. The van der Waals surface area contributed by atoms with Gasteiger partial charge in [0.15, 0.2) is 11.6 Å². The molecule has 2 aliphatic heterocycles. The summed E-state index contributed by atoms with van der Waals surface area (Å²) < 4.78 is 26.8. The van der Waals surface area contributed by atoms with Crippen molar-refractivity contribution in [3.8, 4) is 22.0 Å². The van der Waals surface area contributed by atoms with Gasteiger partial charge in [-0.1, -0.05) is 6.07 Å². The molecular weight excluding hydrogens is 478 g/mol. The van der Waals surface area contributed by atoms with E-state index in [1.165, 1.54) is 46.5 Å². The molecule has 1 fully saturated rings. The van der Waals surface area contributed by atoms with Crippen molar-refractivity contribution in [1.29, 1.82) is 0 Å². The number of halogens is 2. The third kappa shape index (κ3) is 4.18. The Labute approximate surface area is 213 Å². The number of hydrogen-bond donors (Lipinski definition) is 0. The lowest BCUT2D eigenvalue weighted by Crippen LogP contribution is -2.52. The largest absolute Gasteiger partial charge is 0.299 e. The Morgan fingerprint density at radius 2 is 1.75 bits per heavy atom. The number of benzene rings is 1. The number of piperazine rings is 1. The molecule has 1 saturated heterocycles. The highest BCUT2D eigenvalue weighted by Gasteiger charge is 2.33. The molecule has 1 aromatic heterocycles. The average Bonchev–Trinajstić information content (AvgIpc) is 3.41. The predicted molar refractivity (Wildman–Crippen MR) is 138 cm³/mol. The van der Waals surface area contributed by atoms with E-state index in [9.17, 15) is 8.78 Å². The van der Waals surface area contributed by atoms with Gasteiger partial charge in [-0.3, -0.25) is 9.91 Å². The fourth-order valence-corrected chi connectivity index (χ4v) is 6.52. The van der Waals surface area contributed by atoms with Crippen molar-refractivity contribution in [2.75, 3.05) is 37.7 Å². The second-order valence-corrected chi connectivity index (χ2v) is 11.0. The Morgan fingerprint density at radius 1 is 0.972 bits per heavy atom. The number of aryl methyl sites for hydroxylation is 2. The first kappa shape index (κ1) is 23.5. The molecule has 6 nitrogen and oxygen atoms in total. The van der Waals surface area contributed by atoms with Crippen molar-refractivity contribution < 1.29 is 8.78 Å². The molecule has 6 rings (SSSR count). The molecule has 0 amide bonds. The molecule has 36 heavy (non-hydrogen) atoms. The zero-order valence-corrected chi connectivity index (χ0v) is 21.5. The van der Waals surface area contributed by atoms with E-state index in [1.807, 2.05) is 0 Å². The first-order valence-corrected chi connectivity index (χ1v) is 13.5. The molecule has 9 heteroatoms. The quantitative estimate of drug-likeness (QED) is 0.389. The molecule has 0 saturated carbocycles. The van der Waals surface area contributed by atoms with E-state index in [1.54, 1.807) is 23.7 Å². The first-order valence-electron chi connectivity index (χ1n) is 12.7. The van der Waals surface area contributed by atoms with Crippen LogP contribution in [0.2, 0.25) is 0 Å². The van der Waals surface area contributed by atoms with Gasteiger partial charge in [0.2, 0.25) is 0 Å². The Bertz CT molecular complexity index is 1350. The maximum absolute atomic E-state index is 13.5. The van der Waals surface area contributed by atoms with Gasteiger partial charge in [0.25, 0.3) is 0 Å². The van der Waals surface area contributed by atoms with Gasteiger partial charge >= 0.3 is 0 Å². The van der Waals surface area contributed by atoms with E-state index < -0.39 is 11.6 Å². The number of thiazole rings is 1. The number of hydrogen-bond acceptors (Lipinski definition) is 6. The van der Waals surface area contributed by atoms with Crippen LogP contribution in [-0.2, 0) is 19.3 Å². The van der Waals surface area contributed by atoms with Crippen LogP contribution >= 0.6 is 11.3 Å². The van der Waals surface area contributed by atoms with Crippen LogP contribution in [0.4, 0.5) is 8.78 Å². The molecule has 4 aliphatic rings. The van der Waals surface area contributed by atoms with E-state index in [0.29, 0.717) is 6.42 Å². The third-order valence-electron chi connectivity index (χ3n) is 7.62. The number of nitrogens with zero attached hydrogens (tertiary/aromatic N) is 6. The molecule has 3 heterocycles. The molecule has 0 spiro atoms. The van der Waals surface area contributed by atoms with E-state index in [4.69, 9.17) is 15.1 Å². The lowest BCUT2D eigenvalue weighted by Gasteiger charge is -2.37. The SMILES string of the molecule is Cc1nc(-c2c3ncnn(N4CCN(CCc5ccc(F)c(F)c5)CC4)c-3c3c2CCCC3)sc1C. The Kier molecular flexibility index (Phi) is 6.21. The van der Waals surface area contributed by atoms with Crippen LogP contribution < -0.4 is 5.01 Å². The Balaban J connectivity index is 1.23. The fourth-order valence-electron chi connectivity index (χ4n) is 5.54. The van der Waals surface area contributed by atoms with Crippen molar-refractivity contribution in [3.63, 3.8) is 0 Å². The van der Waals surface area contributed by atoms with Gasteiger partial charge in [0, 0.05) is 43.2 Å². The average molecular weight is 509 g/mol. The van der Waals surface area contributed by atoms with Gasteiger partial charge in [-0.25, -0.2) is 18.7 Å². The summed E-state index contributed by atoms with van der Waals surface area (Å²) in [6.07, 6.45) is 6.89. The number of aromatic nitrogens is 4. The van der Waals surface area contributed by atoms with Gasteiger partial charge in [-0.2, -0.15) is 4.79 Å². The first-order chi connectivity index (χ1) is 17.5. The second-order valence-electron chi connectivity index (χ2n) is 9.84. The summed E-state index contributed by atoms with van der Waals surface area (Å²) in [4.78, 5) is 15.4. The number of rotatable bonds is 5. The van der Waals surface area contributed by atoms with Gasteiger partial charge in [-0.05, 0) is 74.8 Å². The lowest BCUT2D eigenvalue weighted by molar-refractivity contribution is 0.237. The van der Waals surface area contributed by atoms with Crippen molar-refractivity contribution in [1.82, 2.24) is 24.8 Å². The Morgan fingerprint density at radius 3 is 2.47 bits per heavy atom. The third-order valence-corrected chi connectivity index (χ3v) is 8.71. The highest BCUT2D eigenvalue weighted by Crippen LogP contribution is 2.46. The highest BCUT2D eigenvalue weighted by atomic mass is 32.1. The predicted octanol–water partition coefficient (Wildman–Crippen LogP) is 4.78.